The largest absolute Gasteiger partial charge is 0.462 e. The van der Waals surface area contributed by atoms with Crippen LogP contribution in [0.2, 0.25) is 0 Å². The van der Waals surface area contributed by atoms with Crippen LogP contribution in [0.3, 0.4) is 0 Å². The maximum atomic E-state index is 12.6. The van der Waals surface area contributed by atoms with Crippen molar-refractivity contribution >= 4 is 17.7 Å². The van der Waals surface area contributed by atoms with Crippen molar-refractivity contribution < 1.29 is 23.9 Å². The zero-order chi connectivity index (χ0) is 24.1. The Morgan fingerprint density at radius 2 is 1.76 bits per heavy atom. The standard InChI is InChI=1S/C28H42O5/c1-7-25(31)16(2)22-10-11-23-21-9-8-19-14-20(32-17(3)29)15-26(33-18(4)30)28(19,6)24(21)12-13-27(22,23)5/h8,16,20-24,26H,7,9-15H2,1-6H3/t16-,20+,21-,22+,23-,24-,26-,27+,28-/m0/s1. The Balaban J connectivity index is 1.64. The van der Waals surface area contributed by atoms with Crippen molar-refractivity contribution in [1.82, 2.24) is 0 Å². The van der Waals surface area contributed by atoms with Crippen LogP contribution in [0, 0.1) is 40.4 Å². The van der Waals surface area contributed by atoms with Crippen molar-refractivity contribution in [2.24, 2.45) is 40.4 Å². The van der Waals surface area contributed by atoms with Crippen LogP contribution in [0.4, 0.5) is 0 Å². The Hall–Kier alpha value is -1.65. The predicted octanol–water partition coefficient (Wildman–Crippen LogP) is 5.65. The molecule has 0 aromatic rings. The number of esters is 2. The molecule has 4 aliphatic carbocycles. The van der Waals surface area contributed by atoms with Gasteiger partial charge < -0.3 is 9.47 Å². The maximum absolute atomic E-state index is 12.6. The molecule has 0 saturated heterocycles. The van der Waals surface area contributed by atoms with Crippen molar-refractivity contribution in [1.29, 1.82) is 0 Å². The third-order valence-corrected chi connectivity index (χ3v) is 10.3. The van der Waals surface area contributed by atoms with Crippen molar-refractivity contribution in [3.05, 3.63) is 11.6 Å². The lowest BCUT2D eigenvalue weighted by atomic mass is 9.46. The average Bonchev–Trinajstić information content (AvgIpc) is 3.10. The Morgan fingerprint density at radius 3 is 2.39 bits per heavy atom. The number of fused-ring (bicyclic) bond motifs is 5. The van der Waals surface area contributed by atoms with Gasteiger partial charge in [-0.15, -0.1) is 0 Å². The van der Waals surface area contributed by atoms with Crippen LogP contribution in [0.15, 0.2) is 11.6 Å². The predicted molar refractivity (Wildman–Crippen MR) is 126 cm³/mol. The molecule has 0 radical (unpaired) electrons. The first-order valence-electron chi connectivity index (χ1n) is 13.1. The minimum atomic E-state index is -0.277. The fraction of sp³-hybridized carbons (Fsp3) is 0.821. The van der Waals surface area contributed by atoms with E-state index in [1.165, 1.54) is 25.8 Å². The average molecular weight is 459 g/mol. The molecule has 9 atom stereocenters. The summed E-state index contributed by atoms with van der Waals surface area (Å²) in [6.45, 7) is 11.8. The van der Waals surface area contributed by atoms with E-state index in [-0.39, 0.29) is 40.9 Å². The third kappa shape index (κ3) is 3.97. The lowest BCUT2D eigenvalue weighted by Crippen LogP contribution is -2.57. The van der Waals surface area contributed by atoms with E-state index in [1.54, 1.807) is 0 Å². The number of hydrogen-bond acceptors (Lipinski definition) is 5. The molecule has 5 heteroatoms. The second-order valence-corrected chi connectivity index (χ2v) is 11.7. The first-order valence-corrected chi connectivity index (χ1v) is 13.1. The van der Waals surface area contributed by atoms with Crippen molar-refractivity contribution in [2.75, 3.05) is 0 Å². The van der Waals surface area contributed by atoms with Gasteiger partial charge in [-0.1, -0.05) is 39.3 Å². The Morgan fingerprint density at radius 1 is 1.06 bits per heavy atom. The van der Waals surface area contributed by atoms with Crippen molar-refractivity contribution in [3.8, 4) is 0 Å². The molecule has 3 saturated carbocycles. The molecule has 33 heavy (non-hydrogen) atoms. The number of ether oxygens (including phenoxy) is 2. The van der Waals surface area contributed by atoms with Gasteiger partial charge in [0.05, 0.1) is 0 Å². The fourth-order valence-corrected chi connectivity index (χ4v) is 8.76. The Labute approximate surface area is 199 Å². The summed E-state index contributed by atoms with van der Waals surface area (Å²) in [5.74, 6) is 2.08. The molecule has 5 nitrogen and oxygen atoms in total. The molecule has 3 fully saturated rings. The van der Waals surface area contributed by atoms with E-state index in [0.717, 1.165) is 32.1 Å². The van der Waals surface area contributed by atoms with E-state index in [1.807, 2.05) is 6.92 Å². The molecular formula is C28H42O5. The lowest BCUT2D eigenvalue weighted by Gasteiger charge is -2.60. The van der Waals surface area contributed by atoms with E-state index in [4.69, 9.17) is 9.47 Å². The molecule has 184 valence electrons. The summed E-state index contributed by atoms with van der Waals surface area (Å²) >= 11 is 0. The number of carbonyl (C=O) groups excluding carboxylic acids is 3. The number of carbonyl (C=O) groups is 3. The van der Waals surface area contributed by atoms with Gasteiger partial charge in [-0.3, -0.25) is 14.4 Å². The smallest absolute Gasteiger partial charge is 0.302 e. The molecule has 0 aliphatic heterocycles. The number of rotatable bonds is 5. The monoisotopic (exact) mass is 458 g/mol. The normalized spacial score (nSPS) is 42.8. The summed E-state index contributed by atoms with van der Waals surface area (Å²) in [4.78, 5) is 36.3. The van der Waals surface area contributed by atoms with Crippen molar-refractivity contribution in [2.45, 2.75) is 105 Å². The molecule has 0 bridgehead atoms. The highest BCUT2D eigenvalue weighted by molar-refractivity contribution is 5.80. The molecule has 0 aromatic heterocycles. The van der Waals surface area contributed by atoms with E-state index in [2.05, 4.69) is 26.8 Å². The second kappa shape index (κ2) is 8.85. The zero-order valence-electron chi connectivity index (χ0n) is 21.3. The Bertz CT molecular complexity index is 845. The molecule has 0 spiro atoms. The summed E-state index contributed by atoms with van der Waals surface area (Å²) in [5, 5.41) is 0. The number of allylic oxidation sites excluding steroid dienone is 1. The van der Waals surface area contributed by atoms with Crippen LogP contribution < -0.4 is 0 Å². The second-order valence-electron chi connectivity index (χ2n) is 11.7. The molecule has 0 aromatic carbocycles. The molecule has 0 heterocycles. The van der Waals surface area contributed by atoms with Crippen LogP contribution in [0.1, 0.15) is 92.9 Å². The number of Topliss-reactive ketones (excluding diaryl/α,β-unsaturated/α-hetero) is 1. The molecule has 0 unspecified atom stereocenters. The summed E-state index contributed by atoms with van der Waals surface area (Å²) < 4.78 is 11.5. The quantitative estimate of drug-likeness (QED) is 0.393. The molecular weight excluding hydrogens is 416 g/mol. The van der Waals surface area contributed by atoms with E-state index in [9.17, 15) is 14.4 Å². The minimum absolute atomic E-state index is 0.139. The lowest BCUT2D eigenvalue weighted by molar-refractivity contribution is -0.172. The van der Waals surface area contributed by atoms with E-state index < -0.39 is 0 Å². The van der Waals surface area contributed by atoms with E-state index in [0.29, 0.717) is 42.3 Å². The maximum Gasteiger partial charge on any atom is 0.302 e. The van der Waals surface area contributed by atoms with Gasteiger partial charge in [-0.2, -0.15) is 0 Å². The van der Waals surface area contributed by atoms with Crippen molar-refractivity contribution in [3.63, 3.8) is 0 Å². The molecule has 0 amide bonds. The first kappa shape index (κ1) is 24.5. The molecule has 0 N–H and O–H groups in total. The first-order chi connectivity index (χ1) is 15.5. The van der Waals surface area contributed by atoms with Gasteiger partial charge in [0, 0.05) is 44.4 Å². The summed E-state index contributed by atoms with van der Waals surface area (Å²) in [6, 6.07) is 0. The van der Waals surface area contributed by atoms with Crippen LogP contribution in [-0.2, 0) is 23.9 Å². The van der Waals surface area contributed by atoms with Crippen LogP contribution in [0.25, 0.3) is 0 Å². The van der Waals surface area contributed by atoms with E-state index >= 15 is 0 Å². The minimum Gasteiger partial charge on any atom is -0.462 e. The van der Waals surface area contributed by atoms with Gasteiger partial charge in [0.2, 0.25) is 0 Å². The number of hydrogen-bond donors (Lipinski definition) is 0. The highest BCUT2D eigenvalue weighted by Crippen LogP contribution is 2.67. The SMILES string of the molecule is CCC(=O)[C@@H](C)[C@H]1CC[C@H]2[C@@H]3CC=C4C[C@@H](OC(C)=O)C[C@H](OC(C)=O)[C@]4(C)[C@H]3CC[C@]12C. The van der Waals surface area contributed by atoms with Gasteiger partial charge in [-0.05, 0) is 61.2 Å². The van der Waals surface area contributed by atoms with Gasteiger partial charge in [0.25, 0.3) is 0 Å². The highest BCUT2D eigenvalue weighted by Gasteiger charge is 2.62. The molecule has 4 rings (SSSR count). The highest BCUT2D eigenvalue weighted by atomic mass is 16.6. The fourth-order valence-electron chi connectivity index (χ4n) is 8.76. The van der Waals surface area contributed by atoms with Gasteiger partial charge in [-0.25, -0.2) is 0 Å². The number of ketones is 1. The van der Waals surface area contributed by atoms with Crippen LogP contribution in [0.5, 0.6) is 0 Å². The Kier molecular flexibility index (Phi) is 6.56. The zero-order valence-corrected chi connectivity index (χ0v) is 21.3. The topological polar surface area (TPSA) is 69.7 Å². The van der Waals surface area contributed by atoms with Crippen LogP contribution in [-0.4, -0.2) is 29.9 Å². The summed E-state index contributed by atoms with van der Waals surface area (Å²) in [6.07, 6.45) is 9.44. The van der Waals surface area contributed by atoms with Gasteiger partial charge in [0.15, 0.2) is 0 Å². The third-order valence-electron chi connectivity index (χ3n) is 10.3. The summed E-state index contributed by atoms with van der Waals surface area (Å²) in [7, 11) is 0. The summed E-state index contributed by atoms with van der Waals surface area (Å²) in [5.41, 5.74) is 1.30. The molecule has 4 aliphatic rings. The van der Waals surface area contributed by atoms with Gasteiger partial charge in [0.1, 0.15) is 18.0 Å². The van der Waals surface area contributed by atoms with Gasteiger partial charge >= 0.3 is 11.9 Å². The van der Waals surface area contributed by atoms with Crippen LogP contribution >= 0.6 is 0 Å².